The Hall–Kier alpha value is -0.470. The summed E-state index contributed by atoms with van der Waals surface area (Å²) in [5, 5.41) is 28.8. The van der Waals surface area contributed by atoms with Crippen LogP contribution in [0.25, 0.3) is 0 Å². The number of alkyl halides is 2. The van der Waals surface area contributed by atoms with Gasteiger partial charge in [0, 0.05) is 24.7 Å². The molecule has 5 nitrogen and oxygen atoms in total. The van der Waals surface area contributed by atoms with Gasteiger partial charge in [-0.3, -0.25) is 4.79 Å². The van der Waals surface area contributed by atoms with Crippen molar-refractivity contribution in [3.63, 3.8) is 0 Å². The van der Waals surface area contributed by atoms with Gasteiger partial charge in [-0.25, -0.2) is 8.78 Å². The molecule has 2 unspecified atom stereocenters. The SMILES string of the molecule is CCCCC(F)[C@H](O)/C=C/[C@@H]1[C@H]2C(F)/C(=C/CCCC(=O)O)O[C@H]2C[C@H]1O.[NaH]. The monoisotopic (exact) mass is 412 g/mol. The molecule has 1 saturated carbocycles. The van der Waals surface area contributed by atoms with E-state index in [1.807, 2.05) is 6.92 Å². The van der Waals surface area contributed by atoms with Gasteiger partial charge in [0.05, 0.1) is 6.10 Å². The number of hydrogen-bond donors (Lipinski definition) is 3. The molecule has 0 aromatic rings. The second-order valence-electron chi connectivity index (χ2n) is 7.44. The van der Waals surface area contributed by atoms with Gasteiger partial charge < -0.3 is 20.1 Å². The molecule has 3 N–H and O–H groups in total. The predicted octanol–water partition coefficient (Wildman–Crippen LogP) is 2.66. The zero-order valence-electron chi connectivity index (χ0n) is 15.6. The maximum absolute atomic E-state index is 14.8. The van der Waals surface area contributed by atoms with Gasteiger partial charge in [0.1, 0.15) is 24.1 Å². The van der Waals surface area contributed by atoms with E-state index < -0.39 is 48.5 Å². The van der Waals surface area contributed by atoms with Gasteiger partial charge in [0.2, 0.25) is 0 Å². The summed E-state index contributed by atoms with van der Waals surface area (Å²) in [5.41, 5.74) is 0. The zero-order valence-corrected chi connectivity index (χ0v) is 15.6. The molecule has 0 aromatic heterocycles. The fourth-order valence-electron chi connectivity index (χ4n) is 3.84. The Morgan fingerprint density at radius 3 is 2.75 bits per heavy atom. The van der Waals surface area contributed by atoms with Crippen LogP contribution < -0.4 is 0 Å². The second kappa shape index (κ2) is 12.3. The van der Waals surface area contributed by atoms with Gasteiger partial charge in [-0.1, -0.05) is 31.9 Å². The summed E-state index contributed by atoms with van der Waals surface area (Å²) in [5.74, 6) is -1.84. The van der Waals surface area contributed by atoms with Crippen LogP contribution in [0.1, 0.15) is 51.9 Å². The molecule has 7 atom stereocenters. The number of carboxylic acid groups (broad SMARTS) is 1. The van der Waals surface area contributed by atoms with Gasteiger partial charge in [0.15, 0.2) is 6.17 Å². The summed E-state index contributed by atoms with van der Waals surface area (Å²) >= 11 is 0. The van der Waals surface area contributed by atoms with Crippen LogP contribution >= 0.6 is 0 Å². The third-order valence-electron chi connectivity index (χ3n) is 5.36. The van der Waals surface area contributed by atoms with Crippen LogP contribution in [-0.4, -0.2) is 81.5 Å². The first-order valence-electron chi connectivity index (χ1n) is 9.76. The van der Waals surface area contributed by atoms with Crippen molar-refractivity contribution in [1.29, 1.82) is 0 Å². The number of unbranched alkanes of at least 4 members (excludes halogenated alkanes) is 2. The van der Waals surface area contributed by atoms with E-state index in [9.17, 15) is 23.8 Å². The Balaban J connectivity index is 0.00000392. The van der Waals surface area contributed by atoms with Crippen molar-refractivity contribution in [3.05, 3.63) is 24.0 Å². The van der Waals surface area contributed by atoms with Crippen molar-refractivity contribution < 1.29 is 33.6 Å². The van der Waals surface area contributed by atoms with E-state index in [2.05, 4.69) is 0 Å². The molecule has 1 saturated heterocycles. The number of aliphatic hydroxyl groups excluding tert-OH is 2. The summed E-state index contributed by atoms with van der Waals surface area (Å²) in [4.78, 5) is 10.5. The molecule has 1 aliphatic carbocycles. The molecule has 156 valence electrons. The van der Waals surface area contributed by atoms with E-state index in [1.54, 1.807) is 6.08 Å². The molecule has 8 heteroatoms. The van der Waals surface area contributed by atoms with Gasteiger partial charge >= 0.3 is 35.5 Å². The molecule has 2 fully saturated rings. The molecular weight excluding hydrogens is 381 g/mol. The minimum atomic E-state index is -1.40. The molecule has 0 amide bonds. The molecule has 0 spiro atoms. The van der Waals surface area contributed by atoms with Crippen LogP contribution in [0.15, 0.2) is 24.0 Å². The number of carboxylic acids is 1. The van der Waals surface area contributed by atoms with Gasteiger partial charge in [-0.2, -0.15) is 0 Å². The van der Waals surface area contributed by atoms with Crippen LogP contribution in [0.2, 0.25) is 0 Å². The third kappa shape index (κ3) is 6.80. The van der Waals surface area contributed by atoms with Crippen LogP contribution in [-0.2, 0) is 9.53 Å². The van der Waals surface area contributed by atoms with Crippen LogP contribution in [0, 0.1) is 11.8 Å². The third-order valence-corrected chi connectivity index (χ3v) is 5.36. The quantitative estimate of drug-likeness (QED) is 0.292. The molecule has 0 bridgehead atoms. The van der Waals surface area contributed by atoms with E-state index in [1.165, 1.54) is 12.2 Å². The predicted molar refractivity (Wildman–Crippen MR) is 104 cm³/mol. The Morgan fingerprint density at radius 1 is 1.39 bits per heavy atom. The van der Waals surface area contributed by atoms with Gasteiger partial charge in [-0.15, -0.1) is 0 Å². The Kier molecular flexibility index (Phi) is 11.2. The van der Waals surface area contributed by atoms with Crippen LogP contribution in [0.5, 0.6) is 0 Å². The number of allylic oxidation sites excluding steroid dienone is 2. The number of fused-ring (bicyclic) bond motifs is 1. The topological polar surface area (TPSA) is 87.0 Å². The van der Waals surface area contributed by atoms with Crippen molar-refractivity contribution in [2.24, 2.45) is 11.8 Å². The summed E-state index contributed by atoms with van der Waals surface area (Å²) in [7, 11) is 0. The number of aliphatic carboxylic acids is 1. The van der Waals surface area contributed by atoms with E-state index >= 15 is 0 Å². The average molecular weight is 412 g/mol. The molecule has 2 rings (SSSR count). The van der Waals surface area contributed by atoms with Crippen LogP contribution in [0.4, 0.5) is 8.78 Å². The molecule has 1 heterocycles. The van der Waals surface area contributed by atoms with Crippen molar-refractivity contribution in [2.75, 3.05) is 0 Å². The normalized spacial score (nSPS) is 32.8. The average Bonchev–Trinajstić information content (AvgIpc) is 3.09. The maximum atomic E-state index is 14.8. The number of hydrogen-bond acceptors (Lipinski definition) is 4. The number of halogens is 2. The van der Waals surface area contributed by atoms with Crippen LogP contribution in [0.3, 0.4) is 0 Å². The van der Waals surface area contributed by atoms with E-state index in [0.29, 0.717) is 19.3 Å². The Labute approximate surface area is 187 Å². The Bertz CT molecular complexity index is 557. The molecular formula is C20H31F2NaO5. The molecule has 0 aromatic carbocycles. The van der Waals surface area contributed by atoms with Crippen molar-refractivity contribution in [3.8, 4) is 0 Å². The van der Waals surface area contributed by atoms with E-state index in [0.717, 1.165) is 6.42 Å². The van der Waals surface area contributed by atoms with Crippen molar-refractivity contribution in [2.45, 2.75) is 82.5 Å². The molecule has 28 heavy (non-hydrogen) atoms. The first-order chi connectivity index (χ1) is 12.8. The number of carbonyl (C=O) groups is 1. The summed E-state index contributed by atoms with van der Waals surface area (Å²) in [6, 6.07) is 0. The van der Waals surface area contributed by atoms with E-state index in [4.69, 9.17) is 9.84 Å². The van der Waals surface area contributed by atoms with Gasteiger partial charge in [-0.05, 0) is 25.3 Å². The first kappa shape index (κ1) is 25.6. The standard InChI is InChI=1S/C20H30F2O5.Na.H/c1-2-3-6-13(21)14(23)10-9-12-15(24)11-17-19(12)20(22)16(27-17)7-4-5-8-18(25)26;;/h7,9-10,12-15,17,19-20,23-24H,2-6,8,11H2,1H3,(H,25,26);;/b10-9+,16-7-;;/t12-,13?,14+,15+,17-,19+,20?;;/m0../s1. The Morgan fingerprint density at radius 2 is 2.11 bits per heavy atom. The van der Waals surface area contributed by atoms with E-state index in [-0.39, 0.29) is 54.6 Å². The molecule has 1 aliphatic heterocycles. The fraction of sp³-hybridized carbons (Fsp3) is 0.750. The van der Waals surface area contributed by atoms with Crippen molar-refractivity contribution >= 4 is 35.5 Å². The number of rotatable bonds is 10. The molecule has 2 aliphatic rings. The summed E-state index contributed by atoms with van der Waals surface area (Å²) < 4.78 is 34.3. The number of aliphatic hydroxyl groups is 2. The summed E-state index contributed by atoms with van der Waals surface area (Å²) in [6.45, 7) is 1.94. The fourth-order valence-corrected chi connectivity index (χ4v) is 3.84. The second-order valence-corrected chi connectivity index (χ2v) is 7.44. The van der Waals surface area contributed by atoms with Gasteiger partial charge in [0.25, 0.3) is 0 Å². The summed E-state index contributed by atoms with van der Waals surface area (Å²) in [6.07, 6.45) is 1.98. The first-order valence-corrected chi connectivity index (χ1v) is 9.76. The number of ether oxygens (including phenoxy) is 1. The van der Waals surface area contributed by atoms with Crippen molar-refractivity contribution in [1.82, 2.24) is 0 Å². The molecule has 0 radical (unpaired) electrons. The minimum absolute atomic E-state index is 0. The zero-order chi connectivity index (χ0) is 20.0.